The van der Waals surface area contributed by atoms with Crippen molar-refractivity contribution in [1.82, 2.24) is 4.98 Å². The molecule has 0 unspecified atom stereocenters. The fourth-order valence-corrected chi connectivity index (χ4v) is 3.64. The van der Waals surface area contributed by atoms with Crippen molar-refractivity contribution in [2.75, 3.05) is 17.7 Å². The Hall–Kier alpha value is -1.86. The molecule has 7 heteroatoms. The van der Waals surface area contributed by atoms with E-state index in [0.29, 0.717) is 34.5 Å². The van der Waals surface area contributed by atoms with Crippen LogP contribution in [0, 0.1) is 13.8 Å². The third-order valence-electron chi connectivity index (χ3n) is 3.12. The Morgan fingerprint density at radius 1 is 1.25 bits per heavy atom. The number of hydrogen-bond acceptors (Lipinski definition) is 6. The predicted molar refractivity (Wildman–Crippen MR) is 98.0 cm³/mol. The summed E-state index contributed by atoms with van der Waals surface area (Å²) in [6.07, 6.45) is 0.381. The van der Waals surface area contributed by atoms with Gasteiger partial charge in [-0.05, 0) is 32.9 Å². The minimum absolute atomic E-state index is 0.112. The summed E-state index contributed by atoms with van der Waals surface area (Å²) in [7, 11) is 0. The van der Waals surface area contributed by atoms with Gasteiger partial charge in [0.25, 0.3) is 0 Å². The number of anilines is 1. The van der Waals surface area contributed by atoms with E-state index in [4.69, 9.17) is 4.74 Å². The van der Waals surface area contributed by atoms with Crippen LogP contribution < -0.4 is 5.32 Å². The largest absolute Gasteiger partial charge is 0.462 e. The Morgan fingerprint density at radius 2 is 1.96 bits per heavy atom. The van der Waals surface area contributed by atoms with Crippen LogP contribution in [0.3, 0.4) is 0 Å². The molecule has 0 bridgehead atoms. The third kappa shape index (κ3) is 5.35. The van der Waals surface area contributed by atoms with Gasteiger partial charge in [0, 0.05) is 17.1 Å². The molecule has 0 fully saturated rings. The molecule has 1 aromatic heterocycles. The molecule has 0 aliphatic heterocycles. The Kier molecular flexibility index (Phi) is 6.81. The molecule has 0 saturated carbocycles. The number of nitrogens with zero attached hydrogens (tertiary/aromatic N) is 1. The summed E-state index contributed by atoms with van der Waals surface area (Å²) >= 11 is 2.78. The molecule has 0 radical (unpaired) electrons. The van der Waals surface area contributed by atoms with Crippen molar-refractivity contribution in [2.45, 2.75) is 32.1 Å². The lowest BCUT2D eigenvalue weighted by molar-refractivity contribution is -0.115. The van der Waals surface area contributed by atoms with Crippen LogP contribution in [-0.4, -0.2) is 29.2 Å². The number of aromatic nitrogens is 1. The number of thiazole rings is 1. The molecule has 0 aliphatic carbocycles. The molecule has 2 aromatic rings. The van der Waals surface area contributed by atoms with Crippen molar-refractivity contribution in [3.63, 3.8) is 0 Å². The van der Waals surface area contributed by atoms with Crippen molar-refractivity contribution in [3.8, 4) is 0 Å². The number of thioether (sulfide) groups is 1. The minimum atomic E-state index is -0.400. The van der Waals surface area contributed by atoms with Crippen LogP contribution in [0.15, 0.2) is 29.2 Å². The van der Waals surface area contributed by atoms with E-state index in [9.17, 15) is 9.59 Å². The summed E-state index contributed by atoms with van der Waals surface area (Å²) < 4.78 is 4.96. The quantitative estimate of drug-likeness (QED) is 0.593. The summed E-state index contributed by atoms with van der Waals surface area (Å²) in [6, 6.07) is 8.21. The van der Waals surface area contributed by atoms with Crippen LogP contribution in [-0.2, 0) is 9.53 Å². The fraction of sp³-hybridized carbons (Fsp3) is 0.353. The van der Waals surface area contributed by atoms with Gasteiger partial charge in [-0.3, -0.25) is 4.79 Å². The first-order chi connectivity index (χ1) is 11.5. The average molecular weight is 364 g/mol. The maximum absolute atomic E-state index is 12.0. The van der Waals surface area contributed by atoms with Crippen molar-refractivity contribution >= 4 is 40.1 Å². The number of carbonyl (C=O) groups excluding carboxylic acids is 2. The van der Waals surface area contributed by atoms with E-state index in [1.165, 1.54) is 5.56 Å². The number of aryl methyl sites for hydroxylation is 2. The number of amides is 1. The van der Waals surface area contributed by atoms with E-state index in [-0.39, 0.29) is 5.91 Å². The van der Waals surface area contributed by atoms with Crippen molar-refractivity contribution in [3.05, 3.63) is 40.4 Å². The van der Waals surface area contributed by atoms with Gasteiger partial charge in [0.05, 0.1) is 12.3 Å². The Labute approximate surface area is 149 Å². The zero-order valence-corrected chi connectivity index (χ0v) is 15.6. The highest BCUT2D eigenvalue weighted by Gasteiger charge is 2.17. The van der Waals surface area contributed by atoms with E-state index < -0.39 is 5.97 Å². The summed E-state index contributed by atoms with van der Waals surface area (Å²) in [5.74, 6) is 0.172. The van der Waals surface area contributed by atoms with Gasteiger partial charge < -0.3 is 10.1 Å². The second-order valence-corrected chi connectivity index (χ2v) is 7.28. The van der Waals surface area contributed by atoms with Crippen molar-refractivity contribution in [1.29, 1.82) is 0 Å². The molecule has 5 nitrogen and oxygen atoms in total. The molecular formula is C17H20N2O3S2. The highest BCUT2D eigenvalue weighted by atomic mass is 32.2. The van der Waals surface area contributed by atoms with E-state index in [1.54, 1.807) is 25.6 Å². The van der Waals surface area contributed by atoms with Crippen molar-refractivity contribution in [2.24, 2.45) is 0 Å². The smallest absolute Gasteiger partial charge is 0.350 e. The number of esters is 1. The number of nitrogens with one attached hydrogen (secondary N) is 1. The Balaban J connectivity index is 1.83. The molecule has 24 heavy (non-hydrogen) atoms. The molecule has 1 heterocycles. The number of rotatable bonds is 7. The fourth-order valence-electron chi connectivity index (χ4n) is 1.91. The predicted octanol–water partition coefficient (Wildman–Crippen LogP) is 4.06. The van der Waals surface area contributed by atoms with Gasteiger partial charge in [0.15, 0.2) is 5.13 Å². The number of hydrogen-bond donors (Lipinski definition) is 1. The standard InChI is InChI=1S/C17H20N2O3S2/c1-4-22-16(21)15-12(3)18-17(24-15)19-14(20)9-10-23-13-7-5-11(2)6-8-13/h5-8H,4,9-10H2,1-3H3,(H,18,19,20). The van der Waals surface area contributed by atoms with Gasteiger partial charge in [0.1, 0.15) is 4.88 Å². The van der Waals surface area contributed by atoms with Gasteiger partial charge in [-0.2, -0.15) is 0 Å². The molecule has 128 valence electrons. The van der Waals surface area contributed by atoms with Gasteiger partial charge in [-0.25, -0.2) is 9.78 Å². The van der Waals surface area contributed by atoms with Gasteiger partial charge in [-0.15, -0.1) is 11.8 Å². The Bertz CT molecular complexity index is 711. The highest BCUT2D eigenvalue weighted by molar-refractivity contribution is 7.99. The molecular weight excluding hydrogens is 344 g/mol. The molecule has 1 amide bonds. The molecule has 2 rings (SSSR count). The first-order valence-electron chi connectivity index (χ1n) is 7.63. The van der Waals surface area contributed by atoms with Crippen LogP contribution >= 0.6 is 23.1 Å². The molecule has 1 N–H and O–H groups in total. The SMILES string of the molecule is CCOC(=O)c1sc(NC(=O)CCSc2ccc(C)cc2)nc1C. The molecule has 0 aliphatic rings. The van der Waals surface area contributed by atoms with Gasteiger partial charge in [-0.1, -0.05) is 29.0 Å². The van der Waals surface area contributed by atoms with Crippen molar-refractivity contribution < 1.29 is 14.3 Å². The van der Waals surface area contributed by atoms with E-state index in [2.05, 4.69) is 22.4 Å². The molecule has 1 aromatic carbocycles. The first-order valence-corrected chi connectivity index (χ1v) is 9.43. The van der Waals surface area contributed by atoms with Gasteiger partial charge >= 0.3 is 5.97 Å². The maximum atomic E-state index is 12.0. The highest BCUT2D eigenvalue weighted by Crippen LogP contribution is 2.24. The van der Waals surface area contributed by atoms with Crippen LogP contribution in [0.1, 0.15) is 34.3 Å². The normalized spacial score (nSPS) is 10.5. The molecule has 0 spiro atoms. The van der Waals surface area contributed by atoms with E-state index in [0.717, 1.165) is 16.2 Å². The Morgan fingerprint density at radius 3 is 2.62 bits per heavy atom. The monoisotopic (exact) mass is 364 g/mol. The van der Waals surface area contributed by atoms with Crippen LogP contribution in [0.4, 0.5) is 5.13 Å². The average Bonchev–Trinajstić information content (AvgIpc) is 2.90. The van der Waals surface area contributed by atoms with Crippen LogP contribution in [0.25, 0.3) is 0 Å². The van der Waals surface area contributed by atoms with Crippen LogP contribution in [0.2, 0.25) is 0 Å². The zero-order chi connectivity index (χ0) is 17.5. The lowest BCUT2D eigenvalue weighted by Crippen LogP contribution is -2.11. The minimum Gasteiger partial charge on any atom is -0.462 e. The van der Waals surface area contributed by atoms with E-state index >= 15 is 0 Å². The second-order valence-electron chi connectivity index (χ2n) is 5.11. The van der Waals surface area contributed by atoms with Crippen LogP contribution in [0.5, 0.6) is 0 Å². The summed E-state index contributed by atoms with van der Waals surface area (Å²) in [5, 5.41) is 3.17. The third-order valence-corrected chi connectivity index (χ3v) is 5.19. The molecule has 0 saturated heterocycles. The molecule has 0 atom stereocenters. The number of ether oxygens (including phenoxy) is 1. The topological polar surface area (TPSA) is 68.3 Å². The van der Waals surface area contributed by atoms with E-state index in [1.807, 2.05) is 19.1 Å². The zero-order valence-electron chi connectivity index (χ0n) is 13.9. The lowest BCUT2D eigenvalue weighted by atomic mass is 10.2. The summed E-state index contributed by atoms with van der Waals surface area (Å²) in [4.78, 5) is 29.5. The first kappa shape index (κ1) is 18.5. The number of carbonyl (C=O) groups is 2. The number of benzene rings is 1. The lowest BCUT2D eigenvalue weighted by Gasteiger charge is -2.03. The maximum Gasteiger partial charge on any atom is 0.350 e. The summed E-state index contributed by atoms with van der Waals surface area (Å²) in [6.45, 7) is 5.84. The second kappa shape index (κ2) is 8.84. The van der Waals surface area contributed by atoms with Gasteiger partial charge in [0.2, 0.25) is 5.91 Å². The summed E-state index contributed by atoms with van der Waals surface area (Å²) in [5.41, 5.74) is 1.79.